The quantitative estimate of drug-likeness (QED) is 0.877. The summed E-state index contributed by atoms with van der Waals surface area (Å²) in [5, 5.41) is 3.73. The Labute approximate surface area is 103 Å². The lowest BCUT2D eigenvalue weighted by Crippen LogP contribution is -2.28. The van der Waals surface area contributed by atoms with Crippen molar-refractivity contribution in [3.8, 4) is 0 Å². The molecular formula is C10H15N3OS2. The van der Waals surface area contributed by atoms with Crippen LogP contribution in [0.1, 0.15) is 0 Å². The van der Waals surface area contributed by atoms with Crippen molar-refractivity contribution in [2.75, 3.05) is 29.1 Å². The van der Waals surface area contributed by atoms with Crippen LogP contribution in [0, 0.1) is 0 Å². The first kappa shape index (κ1) is 11.9. The minimum Gasteiger partial charge on any atom is -0.364 e. The van der Waals surface area contributed by atoms with E-state index in [1.807, 2.05) is 23.5 Å². The number of nitrogens with zero attached hydrogens (tertiary/aromatic N) is 2. The molecule has 1 aliphatic heterocycles. The molecule has 0 amide bonds. The highest BCUT2D eigenvalue weighted by Gasteiger charge is 2.14. The van der Waals surface area contributed by atoms with Crippen molar-refractivity contribution in [2.24, 2.45) is 7.05 Å². The summed E-state index contributed by atoms with van der Waals surface area (Å²) in [4.78, 5) is 15.7. The maximum Gasteiger partial charge on any atom is 0.293 e. The van der Waals surface area contributed by atoms with Gasteiger partial charge in [-0.25, -0.2) is 4.98 Å². The van der Waals surface area contributed by atoms with Crippen molar-refractivity contribution in [1.82, 2.24) is 9.55 Å². The monoisotopic (exact) mass is 257 g/mol. The molecule has 0 spiro atoms. The van der Waals surface area contributed by atoms with Gasteiger partial charge in [0.1, 0.15) is 0 Å². The Bertz CT molecular complexity index is 401. The molecule has 1 aliphatic rings. The zero-order valence-corrected chi connectivity index (χ0v) is 10.8. The normalized spacial score (nSPS) is 20.7. The van der Waals surface area contributed by atoms with Crippen molar-refractivity contribution >= 4 is 29.3 Å². The molecule has 1 N–H and O–H groups in total. The van der Waals surface area contributed by atoms with Gasteiger partial charge in [-0.3, -0.25) is 4.79 Å². The van der Waals surface area contributed by atoms with Crippen LogP contribution in [0.2, 0.25) is 0 Å². The number of hydrogen-bond acceptors (Lipinski definition) is 5. The highest BCUT2D eigenvalue weighted by atomic mass is 32.2. The molecule has 0 aliphatic carbocycles. The molecule has 1 atom stereocenters. The van der Waals surface area contributed by atoms with Gasteiger partial charge in [0, 0.05) is 48.5 Å². The van der Waals surface area contributed by atoms with Crippen LogP contribution in [0.15, 0.2) is 17.2 Å². The van der Waals surface area contributed by atoms with Crippen LogP contribution >= 0.6 is 23.5 Å². The maximum absolute atomic E-state index is 11.7. The van der Waals surface area contributed by atoms with E-state index in [2.05, 4.69) is 10.3 Å². The third-order valence-corrected chi connectivity index (χ3v) is 5.24. The molecule has 6 heteroatoms. The fraction of sp³-hybridized carbons (Fsp3) is 0.600. The van der Waals surface area contributed by atoms with Crippen LogP contribution in [0.4, 0.5) is 5.82 Å². The summed E-state index contributed by atoms with van der Waals surface area (Å²) in [6.07, 6.45) is 3.31. The Hall–Kier alpha value is -0.620. The molecule has 1 aromatic rings. The lowest BCUT2D eigenvalue weighted by molar-refractivity contribution is 0.837. The summed E-state index contributed by atoms with van der Waals surface area (Å²) in [5.41, 5.74) is -0.0593. The lowest BCUT2D eigenvalue weighted by atomic mass is 10.4. The smallest absolute Gasteiger partial charge is 0.293 e. The summed E-state index contributed by atoms with van der Waals surface area (Å²) in [7, 11) is 1.74. The zero-order valence-electron chi connectivity index (χ0n) is 9.18. The average molecular weight is 257 g/mol. The fourth-order valence-corrected chi connectivity index (χ4v) is 4.10. The topological polar surface area (TPSA) is 46.9 Å². The van der Waals surface area contributed by atoms with Crippen LogP contribution in [-0.4, -0.2) is 38.6 Å². The number of aryl methyl sites for hydroxylation is 1. The number of thioether (sulfide) groups is 2. The summed E-state index contributed by atoms with van der Waals surface area (Å²) in [5.74, 6) is 4.07. The first-order valence-electron chi connectivity index (χ1n) is 5.22. The summed E-state index contributed by atoms with van der Waals surface area (Å²) in [6, 6.07) is 0. The second kappa shape index (κ2) is 5.63. The van der Waals surface area contributed by atoms with Crippen molar-refractivity contribution in [3.63, 3.8) is 0 Å². The van der Waals surface area contributed by atoms with Crippen molar-refractivity contribution in [1.29, 1.82) is 0 Å². The number of nitrogens with one attached hydrogen (secondary N) is 1. The Morgan fingerprint density at radius 2 is 2.50 bits per heavy atom. The molecule has 16 heavy (non-hydrogen) atoms. The molecule has 0 bridgehead atoms. The molecule has 1 unspecified atom stereocenters. The second-order valence-electron chi connectivity index (χ2n) is 3.64. The molecule has 0 saturated carbocycles. The molecule has 88 valence electrons. The molecule has 1 aromatic heterocycles. The van der Waals surface area contributed by atoms with E-state index in [0.717, 1.165) is 12.3 Å². The molecule has 1 fully saturated rings. The van der Waals surface area contributed by atoms with Crippen LogP contribution in [-0.2, 0) is 7.05 Å². The summed E-state index contributed by atoms with van der Waals surface area (Å²) in [6.45, 7) is 0.823. The Balaban J connectivity index is 1.94. The SMILES string of the molecule is Cn1ccnc(NCC2CSCCS2)c1=O. The van der Waals surface area contributed by atoms with Gasteiger partial charge in [-0.1, -0.05) is 0 Å². The van der Waals surface area contributed by atoms with Gasteiger partial charge < -0.3 is 9.88 Å². The lowest BCUT2D eigenvalue weighted by Gasteiger charge is -2.21. The molecule has 1 saturated heterocycles. The zero-order chi connectivity index (χ0) is 11.4. The molecule has 2 rings (SSSR count). The van der Waals surface area contributed by atoms with E-state index in [4.69, 9.17) is 0 Å². The maximum atomic E-state index is 11.7. The minimum absolute atomic E-state index is 0.0593. The number of hydrogen-bond donors (Lipinski definition) is 1. The van der Waals surface area contributed by atoms with E-state index >= 15 is 0 Å². The number of aromatic nitrogens is 2. The molecule has 0 aromatic carbocycles. The Morgan fingerprint density at radius 1 is 1.62 bits per heavy atom. The van der Waals surface area contributed by atoms with Gasteiger partial charge in [0.05, 0.1) is 0 Å². The van der Waals surface area contributed by atoms with Crippen LogP contribution in [0.25, 0.3) is 0 Å². The van der Waals surface area contributed by atoms with E-state index < -0.39 is 0 Å². The van der Waals surface area contributed by atoms with E-state index in [1.165, 1.54) is 16.1 Å². The largest absolute Gasteiger partial charge is 0.364 e. The molecule has 0 radical (unpaired) electrons. The highest BCUT2D eigenvalue weighted by molar-refractivity contribution is 8.06. The van der Waals surface area contributed by atoms with Crippen molar-refractivity contribution < 1.29 is 0 Å². The first-order valence-corrected chi connectivity index (χ1v) is 7.42. The first-order chi connectivity index (χ1) is 7.77. The Morgan fingerprint density at radius 3 is 3.25 bits per heavy atom. The summed E-state index contributed by atoms with van der Waals surface area (Å²) < 4.78 is 1.54. The van der Waals surface area contributed by atoms with Crippen LogP contribution < -0.4 is 10.9 Å². The van der Waals surface area contributed by atoms with E-state index in [-0.39, 0.29) is 5.56 Å². The van der Waals surface area contributed by atoms with Gasteiger partial charge in [-0.2, -0.15) is 23.5 Å². The predicted octanol–water partition coefficient (Wildman–Crippen LogP) is 1.04. The van der Waals surface area contributed by atoms with Crippen LogP contribution in [0.3, 0.4) is 0 Å². The molecule has 2 heterocycles. The van der Waals surface area contributed by atoms with Crippen molar-refractivity contribution in [3.05, 3.63) is 22.7 Å². The van der Waals surface area contributed by atoms with E-state index in [9.17, 15) is 4.79 Å². The molecule has 4 nitrogen and oxygen atoms in total. The third-order valence-electron chi connectivity index (χ3n) is 2.40. The van der Waals surface area contributed by atoms with Crippen LogP contribution in [0.5, 0.6) is 0 Å². The van der Waals surface area contributed by atoms with Gasteiger partial charge >= 0.3 is 0 Å². The van der Waals surface area contributed by atoms with Gasteiger partial charge in [-0.15, -0.1) is 0 Å². The Kier molecular flexibility index (Phi) is 4.17. The standard InChI is InChI=1S/C10H15N3OS2/c1-13-3-2-11-9(10(13)14)12-6-8-7-15-4-5-16-8/h2-3,8H,4-7H2,1H3,(H,11,12). The summed E-state index contributed by atoms with van der Waals surface area (Å²) >= 11 is 3.95. The average Bonchev–Trinajstić information content (AvgIpc) is 2.32. The van der Waals surface area contributed by atoms with Gasteiger partial charge in [0.2, 0.25) is 0 Å². The van der Waals surface area contributed by atoms with Gasteiger partial charge in [0.25, 0.3) is 5.56 Å². The molecular weight excluding hydrogens is 242 g/mol. The second-order valence-corrected chi connectivity index (χ2v) is 6.20. The minimum atomic E-state index is -0.0593. The van der Waals surface area contributed by atoms with Gasteiger partial charge in [-0.05, 0) is 0 Å². The highest BCUT2D eigenvalue weighted by Crippen LogP contribution is 2.23. The fourth-order valence-electron chi connectivity index (χ4n) is 1.48. The van der Waals surface area contributed by atoms with E-state index in [0.29, 0.717) is 11.1 Å². The van der Waals surface area contributed by atoms with Crippen molar-refractivity contribution in [2.45, 2.75) is 5.25 Å². The van der Waals surface area contributed by atoms with Gasteiger partial charge in [0.15, 0.2) is 5.82 Å². The third kappa shape index (κ3) is 2.95. The number of rotatable bonds is 3. The number of anilines is 1. The van der Waals surface area contributed by atoms with E-state index in [1.54, 1.807) is 19.4 Å². The predicted molar refractivity (Wildman–Crippen MR) is 71.5 cm³/mol.